The summed E-state index contributed by atoms with van der Waals surface area (Å²) in [6.45, 7) is 0. The van der Waals surface area contributed by atoms with Gasteiger partial charge < -0.3 is 15.9 Å². The highest BCUT2D eigenvalue weighted by molar-refractivity contribution is 7.20. The monoisotopic (exact) mass is 296 g/mol. The van der Waals surface area contributed by atoms with Gasteiger partial charge in [0.2, 0.25) is 0 Å². The summed E-state index contributed by atoms with van der Waals surface area (Å²) in [4.78, 5) is 1.11. The van der Waals surface area contributed by atoms with Gasteiger partial charge in [0.15, 0.2) is 0 Å². The van der Waals surface area contributed by atoms with Crippen LogP contribution in [-0.2, 0) is 12.0 Å². The Labute approximate surface area is 126 Å². The van der Waals surface area contributed by atoms with Crippen LogP contribution in [0.2, 0.25) is 0 Å². The van der Waals surface area contributed by atoms with E-state index in [0.717, 1.165) is 22.8 Å². The molecule has 2 heterocycles. The van der Waals surface area contributed by atoms with Crippen molar-refractivity contribution in [3.8, 4) is 0 Å². The van der Waals surface area contributed by atoms with Gasteiger partial charge in [-0.25, -0.2) is 0 Å². The van der Waals surface area contributed by atoms with E-state index >= 15 is 0 Å². The summed E-state index contributed by atoms with van der Waals surface area (Å²) in [7, 11) is 0. The third kappa shape index (κ3) is 1.91. The van der Waals surface area contributed by atoms with Crippen molar-refractivity contribution in [2.24, 2.45) is 11.5 Å². The van der Waals surface area contributed by atoms with Gasteiger partial charge in [-0.15, -0.1) is 11.3 Å². The molecule has 1 aromatic carbocycles. The van der Waals surface area contributed by atoms with Gasteiger partial charge in [-0.3, -0.25) is 0 Å². The summed E-state index contributed by atoms with van der Waals surface area (Å²) in [5.74, 6) is 0.910. The molecular weight excluding hydrogens is 280 g/mol. The van der Waals surface area contributed by atoms with E-state index in [0.29, 0.717) is 6.42 Å². The lowest BCUT2D eigenvalue weighted by Crippen LogP contribution is -2.41. The van der Waals surface area contributed by atoms with Gasteiger partial charge in [-0.05, 0) is 30.0 Å². The number of nitrogens with two attached hydrogens (primary N) is 2. The fourth-order valence-electron chi connectivity index (χ4n) is 3.11. The first kappa shape index (κ1) is 12.7. The first-order valence-corrected chi connectivity index (χ1v) is 7.78. The minimum Gasteiger partial charge on any atom is -0.469 e. The van der Waals surface area contributed by atoms with E-state index in [-0.39, 0.29) is 0 Å². The van der Waals surface area contributed by atoms with Gasteiger partial charge in [-0.2, -0.15) is 0 Å². The molecule has 4 N–H and O–H groups in total. The predicted octanol–water partition coefficient (Wildman–Crippen LogP) is 3.59. The summed E-state index contributed by atoms with van der Waals surface area (Å²) < 4.78 is 6.73. The lowest BCUT2D eigenvalue weighted by atomic mass is 9.78. The van der Waals surface area contributed by atoms with Gasteiger partial charge >= 0.3 is 0 Å². The van der Waals surface area contributed by atoms with E-state index in [1.807, 2.05) is 18.2 Å². The number of benzene rings is 1. The highest BCUT2D eigenvalue weighted by Gasteiger charge is 2.36. The molecule has 4 rings (SSSR count). The topological polar surface area (TPSA) is 65.2 Å². The van der Waals surface area contributed by atoms with Crippen molar-refractivity contribution in [2.45, 2.75) is 18.4 Å². The van der Waals surface area contributed by atoms with Crippen molar-refractivity contribution in [3.05, 3.63) is 64.9 Å². The maximum atomic E-state index is 6.78. The van der Waals surface area contributed by atoms with Crippen LogP contribution in [0.1, 0.15) is 22.6 Å². The van der Waals surface area contributed by atoms with Crippen molar-refractivity contribution in [1.29, 1.82) is 0 Å². The van der Waals surface area contributed by atoms with Crippen LogP contribution < -0.4 is 11.5 Å². The molecule has 1 aliphatic carbocycles. The van der Waals surface area contributed by atoms with E-state index < -0.39 is 5.54 Å². The number of furan rings is 1. The molecule has 3 nitrogen and oxygen atoms in total. The molecule has 0 fully saturated rings. The summed E-state index contributed by atoms with van der Waals surface area (Å²) in [6.07, 6.45) is 5.14. The molecule has 0 aliphatic heterocycles. The molecule has 2 aromatic heterocycles. The zero-order valence-corrected chi connectivity index (χ0v) is 12.3. The first-order chi connectivity index (χ1) is 10.2. The molecule has 4 heteroatoms. The van der Waals surface area contributed by atoms with Crippen molar-refractivity contribution in [2.75, 3.05) is 0 Å². The quantitative estimate of drug-likeness (QED) is 0.759. The zero-order chi connectivity index (χ0) is 14.4. The van der Waals surface area contributed by atoms with E-state index in [4.69, 9.17) is 15.9 Å². The van der Waals surface area contributed by atoms with Gasteiger partial charge in [0, 0.05) is 22.4 Å². The van der Waals surface area contributed by atoms with Crippen LogP contribution in [0.25, 0.3) is 15.8 Å². The standard InChI is InChI=1S/C17H16N2OS/c18-13-7-8-17(19,10-11-4-3-9-20-11)15-12-5-1-2-6-14(12)21-16(13)15/h1-7,9H,8,10,18-19H2. The average Bonchev–Trinajstić information content (AvgIpc) is 3.10. The van der Waals surface area contributed by atoms with Crippen LogP contribution in [0.15, 0.2) is 53.2 Å². The van der Waals surface area contributed by atoms with Crippen LogP contribution in [0.3, 0.4) is 0 Å². The van der Waals surface area contributed by atoms with Crippen LogP contribution in [0.5, 0.6) is 0 Å². The van der Waals surface area contributed by atoms with Crippen LogP contribution in [0.4, 0.5) is 0 Å². The van der Waals surface area contributed by atoms with Crippen molar-refractivity contribution in [3.63, 3.8) is 0 Å². The maximum Gasteiger partial charge on any atom is 0.105 e. The fourth-order valence-corrected chi connectivity index (χ4v) is 4.38. The molecule has 3 aromatic rings. The minimum absolute atomic E-state index is 0.463. The van der Waals surface area contributed by atoms with Crippen molar-refractivity contribution in [1.82, 2.24) is 0 Å². The molecule has 1 aliphatic rings. The molecule has 0 amide bonds. The van der Waals surface area contributed by atoms with E-state index in [1.165, 1.54) is 15.6 Å². The number of rotatable bonds is 2. The SMILES string of the molecule is NC1=CCC(N)(Cc2ccco2)c2c1sc1ccccc21. The van der Waals surface area contributed by atoms with Crippen molar-refractivity contribution >= 4 is 27.1 Å². The number of hydrogen-bond acceptors (Lipinski definition) is 4. The molecule has 1 unspecified atom stereocenters. The number of hydrogen-bond donors (Lipinski definition) is 2. The average molecular weight is 296 g/mol. The highest BCUT2D eigenvalue weighted by atomic mass is 32.1. The predicted molar refractivity (Wildman–Crippen MR) is 86.9 cm³/mol. The Bertz CT molecular complexity index is 832. The van der Waals surface area contributed by atoms with Gasteiger partial charge in [0.05, 0.1) is 16.7 Å². The zero-order valence-electron chi connectivity index (χ0n) is 11.5. The molecule has 0 saturated heterocycles. The lowest BCUT2D eigenvalue weighted by Gasteiger charge is -2.32. The maximum absolute atomic E-state index is 6.78. The first-order valence-electron chi connectivity index (χ1n) is 6.97. The Morgan fingerprint density at radius 3 is 2.86 bits per heavy atom. The Hall–Kier alpha value is -2.04. The summed E-state index contributed by atoms with van der Waals surface area (Å²) in [6, 6.07) is 12.2. The second kappa shape index (κ2) is 4.48. The lowest BCUT2D eigenvalue weighted by molar-refractivity contribution is 0.390. The van der Waals surface area contributed by atoms with E-state index in [1.54, 1.807) is 17.6 Å². The van der Waals surface area contributed by atoms with Gasteiger partial charge in [0.1, 0.15) is 5.76 Å². The minimum atomic E-state index is -0.463. The Balaban J connectivity index is 1.93. The fraction of sp³-hybridized carbons (Fsp3) is 0.176. The summed E-state index contributed by atoms with van der Waals surface area (Å²) >= 11 is 1.72. The normalized spacial score (nSPS) is 21.3. The van der Waals surface area contributed by atoms with Gasteiger partial charge in [-0.1, -0.05) is 24.3 Å². The van der Waals surface area contributed by atoms with Crippen LogP contribution >= 0.6 is 11.3 Å². The van der Waals surface area contributed by atoms with Crippen molar-refractivity contribution < 1.29 is 4.42 Å². The smallest absolute Gasteiger partial charge is 0.105 e. The molecule has 106 valence electrons. The molecule has 0 spiro atoms. The second-order valence-electron chi connectivity index (χ2n) is 5.58. The number of fused-ring (bicyclic) bond motifs is 3. The highest BCUT2D eigenvalue weighted by Crippen LogP contribution is 2.45. The summed E-state index contributed by atoms with van der Waals surface area (Å²) in [5, 5.41) is 1.21. The Kier molecular flexibility index (Phi) is 2.71. The molecule has 0 saturated carbocycles. The second-order valence-corrected chi connectivity index (χ2v) is 6.63. The summed E-state index contributed by atoms with van der Waals surface area (Å²) in [5.41, 5.74) is 14.5. The molecule has 1 atom stereocenters. The Morgan fingerprint density at radius 1 is 1.19 bits per heavy atom. The largest absolute Gasteiger partial charge is 0.469 e. The third-order valence-electron chi connectivity index (χ3n) is 4.11. The number of thiophene rings is 1. The van der Waals surface area contributed by atoms with E-state index in [9.17, 15) is 0 Å². The van der Waals surface area contributed by atoms with Gasteiger partial charge in [0.25, 0.3) is 0 Å². The molecular formula is C17H16N2OS. The van der Waals surface area contributed by atoms with Crippen LogP contribution in [-0.4, -0.2) is 0 Å². The molecule has 0 radical (unpaired) electrons. The van der Waals surface area contributed by atoms with E-state index in [2.05, 4.69) is 24.3 Å². The third-order valence-corrected chi connectivity index (χ3v) is 5.33. The molecule has 21 heavy (non-hydrogen) atoms. The van der Waals surface area contributed by atoms with Crippen LogP contribution in [0, 0.1) is 0 Å². The molecule has 0 bridgehead atoms. The Morgan fingerprint density at radius 2 is 2.05 bits per heavy atom.